The fourth-order valence-corrected chi connectivity index (χ4v) is 9.48. The Hall–Kier alpha value is -6.41. The van der Waals surface area contributed by atoms with Gasteiger partial charge in [0.15, 0.2) is 0 Å². The van der Waals surface area contributed by atoms with Crippen molar-refractivity contribution in [1.29, 1.82) is 0 Å². The van der Waals surface area contributed by atoms with Gasteiger partial charge in [0.1, 0.15) is 11.5 Å². The Morgan fingerprint density at radius 3 is 1.38 bits per heavy atom. The third kappa shape index (κ3) is 4.20. The number of rotatable bonds is 3. The molecular formula is C51H31ClO. The molecule has 0 atom stereocenters. The lowest BCUT2D eigenvalue weighted by atomic mass is 9.64. The van der Waals surface area contributed by atoms with E-state index in [1.165, 1.54) is 44.5 Å². The molecule has 1 aliphatic carbocycles. The van der Waals surface area contributed by atoms with Gasteiger partial charge in [0, 0.05) is 32.5 Å². The fourth-order valence-electron chi connectivity index (χ4n) is 9.25. The first kappa shape index (κ1) is 30.2. The molecule has 0 unspecified atom stereocenters. The van der Waals surface area contributed by atoms with Crippen molar-refractivity contribution in [3.8, 4) is 56.0 Å². The second-order valence-corrected chi connectivity index (χ2v) is 14.4. The highest BCUT2D eigenvalue weighted by Gasteiger charge is 2.53. The second kappa shape index (κ2) is 11.5. The van der Waals surface area contributed by atoms with E-state index in [0.717, 1.165) is 60.3 Å². The first-order chi connectivity index (χ1) is 26.2. The topological polar surface area (TPSA) is 9.23 Å². The maximum Gasteiger partial charge on any atom is 0.140 e. The van der Waals surface area contributed by atoms with Gasteiger partial charge in [-0.3, -0.25) is 0 Å². The van der Waals surface area contributed by atoms with E-state index in [2.05, 4.69) is 176 Å². The van der Waals surface area contributed by atoms with E-state index in [0.29, 0.717) is 0 Å². The maximum absolute atomic E-state index is 7.42. The molecule has 0 amide bonds. The molecule has 0 saturated heterocycles. The highest BCUT2D eigenvalue weighted by Crippen LogP contribution is 2.66. The summed E-state index contributed by atoms with van der Waals surface area (Å²) in [4.78, 5) is 0. The van der Waals surface area contributed by atoms with Gasteiger partial charge in [-0.15, -0.1) is 0 Å². The zero-order valence-electron chi connectivity index (χ0n) is 28.7. The van der Waals surface area contributed by atoms with Crippen molar-refractivity contribution in [3.05, 3.63) is 215 Å². The first-order valence-electron chi connectivity index (χ1n) is 18.1. The van der Waals surface area contributed by atoms with Crippen LogP contribution in [-0.2, 0) is 5.41 Å². The SMILES string of the molecule is Clc1ccccc1-c1cccc2c1-c1ccccc1C21c2cc(-c3ccccc3)c3ccccc3c2Oc2c1cc(-c1ccccc1)c1ccccc21. The van der Waals surface area contributed by atoms with E-state index in [1.54, 1.807) is 0 Å². The zero-order valence-corrected chi connectivity index (χ0v) is 29.4. The Kier molecular flexibility index (Phi) is 6.59. The summed E-state index contributed by atoms with van der Waals surface area (Å²) in [5, 5.41) is 5.26. The van der Waals surface area contributed by atoms with Crippen LogP contribution in [0.4, 0.5) is 0 Å². The monoisotopic (exact) mass is 694 g/mol. The Morgan fingerprint density at radius 1 is 0.340 bits per heavy atom. The number of hydrogen-bond acceptors (Lipinski definition) is 1. The van der Waals surface area contributed by atoms with Crippen LogP contribution < -0.4 is 4.74 Å². The molecule has 0 aromatic heterocycles. The molecule has 9 aromatic carbocycles. The third-order valence-electron chi connectivity index (χ3n) is 11.4. The molecule has 9 aromatic rings. The summed E-state index contributed by atoms with van der Waals surface area (Å²) >= 11 is 7.01. The standard InChI is InChI=1S/C51H31ClO/c52-47-29-14-12-22-36(47)37-26-15-28-44-48(37)40-25-11-13-27-43(40)51(44)45-30-41(32-16-3-1-4-17-32)34-20-7-9-23-38(34)49(45)53-50-39-24-10-8-21-35(39)42(31-46(50)51)33-18-5-2-6-19-33/h1-31H. The largest absolute Gasteiger partial charge is 0.455 e. The molecule has 2 aliphatic rings. The van der Waals surface area contributed by atoms with Crippen LogP contribution in [-0.4, -0.2) is 0 Å². The van der Waals surface area contributed by atoms with E-state index >= 15 is 0 Å². The van der Waals surface area contributed by atoms with Crippen LogP contribution in [0.15, 0.2) is 188 Å². The third-order valence-corrected chi connectivity index (χ3v) is 11.7. The summed E-state index contributed by atoms with van der Waals surface area (Å²) in [7, 11) is 0. The van der Waals surface area contributed by atoms with Crippen LogP contribution in [0.25, 0.3) is 66.1 Å². The quantitative estimate of drug-likeness (QED) is 0.179. The lowest BCUT2D eigenvalue weighted by molar-refractivity contribution is 0.447. The Labute approximate surface area is 313 Å². The summed E-state index contributed by atoms with van der Waals surface area (Å²) in [6.07, 6.45) is 0. The number of halogens is 1. The molecule has 0 bridgehead atoms. The van der Waals surface area contributed by atoms with Crippen molar-refractivity contribution < 1.29 is 4.74 Å². The molecule has 0 N–H and O–H groups in total. The Morgan fingerprint density at radius 2 is 0.792 bits per heavy atom. The summed E-state index contributed by atoms with van der Waals surface area (Å²) in [6.45, 7) is 0. The zero-order chi connectivity index (χ0) is 35.1. The van der Waals surface area contributed by atoms with E-state index in [4.69, 9.17) is 16.3 Å². The van der Waals surface area contributed by atoms with Gasteiger partial charge in [-0.2, -0.15) is 0 Å². The molecule has 1 nitrogen and oxygen atoms in total. The van der Waals surface area contributed by atoms with Crippen LogP contribution in [0.5, 0.6) is 11.5 Å². The lowest BCUT2D eigenvalue weighted by Crippen LogP contribution is -2.32. The van der Waals surface area contributed by atoms with Crippen molar-refractivity contribution in [1.82, 2.24) is 0 Å². The smallest absolute Gasteiger partial charge is 0.140 e. The van der Waals surface area contributed by atoms with Gasteiger partial charge in [0.05, 0.1) is 5.41 Å². The molecule has 1 heterocycles. The first-order valence-corrected chi connectivity index (χ1v) is 18.5. The maximum atomic E-state index is 7.42. The average Bonchev–Trinajstić information content (AvgIpc) is 3.52. The summed E-state index contributed by atoms with van der Waals surface area (Å²) in [5.41, 5.74) is 13.3. The normalized spacial score (nSPS) is 13.3. The van der Waals surface area contributed by atoms with Gasteiger partial charge < -0.3 is 4.74 Å². The summed E-state index contributed by atoms with van der Waals surface area (Å²) in [5.74, 6) is 1.80. The molecule has 11 rings (SSSR count). The minimum absolute atomic E-state index is 0.715. The second-order valence-electron chi connectivity index (χ2n) is 14.0. The minimum atomic E-state index is -0.715. The van der Waals surface area contributed by atoms with Gasteiger partial charge in [-0.25, -0.2) is 0 Å². The lowest BCUT2D eigenvalue weighted by Gasteiger charge is -2.41. The highest BCUT2D eigenvalue weighted by molar-refractivity contribution is 6.33. The van der Waals surface area contributed by atoms with Gasteiger partial charge >= 0.3 is 0 Å². The predicted molar refractivity (Wildman–Crippen MR) is 220 cm³/mol. The Bertz CT molecular complexity index is 2800. The van der Waals surface area contributed by atoms with Crippen LogP contribution >= 0.6 is 11.6 Å². The number of ether oxygens (including phenoxy) is 1. The summed E-state index contributed by atoms with van der Waals surface area (Å²) < 4.78 is 7.42. The van der Waals surface area contributed by atoms with Crippen molar-refractivity contribution in [2.75, 3.05) is 0 Å². The van der Waals surface area contributed by atoms with Crippen molar-refractivity contribution >= 4 is 33.1 Å². The van der Waals surface area contributed by atoms with Gasteiger partial charge in [-0.05, 0) is 79.0 Å². The van der Waals surface area contributed by atoms with E-state index in [-0.39, 0.29) is 0 Å². The molecular weight excluding hydrogens is 664 g/mol. The van der Waals surface area contributed by atoms with E-state index in [9.17, 15) is 0 Å². The number of fused-ring (bicyclic) bond motifs is 13. The van der Waals surface area contributed by atoms with Crippen LogP contribution in [0.1, 0.15) is 22.3 Å². The van der Waals surface area contributed by atoms with Gasteiger partial charge in [-0.1, -0.05) is 181 Å². The van der Waals surface area contributed by atoms with Crippen molar-refractivity contribution in [2.24, 2.45) is 0 Å². The van der Waals surface area contributed by atoms with Crippen LogP contribution in [0.3, 0.4) is 0 Å². The predicted octanol–water partition coefficient (Wildman–Crippen LogP) is 14.1. The van der Waals surface area contributed by atoms with Crippen molar-refractivity contribution in [3.63, 3.8) is 0 Å². The van der Waals surface area contributed by atoms with Crippen molar-refractivity contribution in [2.45, 2.75) is 5.41 Å². The van der Waals surface area contributed by atoms with Crippen LogP contribution in [0.2, 0.25) is 5.02 Å². The molecule has 2 heteroatoms. The molecule has 1 spiro atoms. The van der Waals surface area contributed by atoms with E-state index < -0.39 is 5.41 Å². The fraction of sp³-hybridized carbons (Fsp3) is 0.0196. The average molecular weight is 695 g/mol. The van der Waals surface area contributed by atoms with E-state index in [1.807, 2.05) is 12.1 Å². The molecule has 248 valence electrons. The Balaban J connectivity index is 1.37. The van der Waals surface area contributed by atoms with Gasteiger partial charge in [0.25, 0.3) is 0 Å². The molecule has 0 radical (unpaired) electrons. The highest BCUT2D eigenvalue weighted by atomic mass is 35.5. The molecule has 0 fully saturated rings. The molecule has 1 aliphatic heterocycles. The minimum Gasteiger partial charge on any atom is -0.455 e. The number of benzene rings is 9. The molecule has 0 saturated carbocycles. The van der Waals surface area contributed by atoms with Crippen LogP contribution in [0, 0.1) is 0 Å². The number of hydrogen-bond donors (Lipinski definition) is 0. The molecule has 53 heavy (non-hydrogen) atoms. The van der Waals surface area contributed by atoms with Gasteiger partial charge in [0.2, 0.25) is 0 Å². The summed E-state index contributed by atoms with van der Waals surface area (Å²) in [6, 6.07) is 67.7.